The monoisotopic (exact) mass is 419 g/mol. The van der Waals surface area contributed by atoms with Crippen LogP contribution in [0.2, 0.25) is 0 Å². The molecule has 5 saturated carbocycles. The van der Waals surface area contributed by atoms with E-state index < -0.39 is 0 Å². The third-order valence-corrected chi connectivity index (χ3v) is 11.3. The quantitative estimate of drug-likeness (QED) is 0.546. The smallest absolute Gasteiger partial charge is 0.102 e. The number of hydrogen-bond donors (Lipinski definition) is 0. The maximum atomic E-state index is 9.13. The van der Waals surface area contributed by atoms with Crippen LogP contribution in [0.3, 0.4) is 0 Å². The van der Waals surface area contributed by atoms with E-state index in [4.69, 9.17) is 5.26 Å². The molecule has 31 heavy (non-hydrogen) atoms. The van der Waals surface area contributed by atoms with Crippen molar-refractivity contribution in [3.8, 4) is 6.07 Å². The fourth-order valence-electron chi connectivity index (χ4n) is 9.80. The lowest BCUT2D eigenvalue weighted by molar-refractivity contribution is -0.0756. The molecule has 5 aliphatic carbocycles. The van der Waals surface area contributed by atoms with Crippen LogP contribution in [0.25, 0.3) is 0 Å². The third-order valence-electron chi connectivity index (χ3n) is 11.3. The van der Waals surface area contributed by atoms with Gasteiger partial charge in [-0.25, -0.2) is 0 Å². The largest absolute Gasteiger partial charge is 0.271 e. The molecule has 1 aromatic rings. The molecule has 0 amide bonds. The van der Waals surface area contributed by atoms with Crippen LogP contribution in [0.4, 0.5) is 0 Å². The standard InChI is InChI=1S/C28H41N3/c1-18(16-31-17-19(14-29)15-30-31)26-9-10-27-25-8-6-22-13-21(20-3-4-20)5-7-23(22)24(25)11-12-28(26,27)2/h15,17-18,20-27H,3-13,16H2,1-2H3/t18-,21?,22?,23?,24?,25?,26?,27?,28?/m1/s1. The van der Waals surface area contributed by atoms with Crippen molar-refractivity contribution in [2.45, 2.75) is 91.0 Å². The van der Waals surface area contributed by atoms with Crippen LogP contribution < -0.4 is 0 Å². The van der Waals surface area contributed by atoms with Crippen LogP contribution in [-0.4, -0.2) is 9.78 Å². The van der Waals surface area contributed by atoms with Gasteiger partial charge in [0, 0.05) is 12.7 Å². The van der Waals surface area contributed by atoms with Crippen LogP contribution in [0.15, 0.2) is 12.4 Å². The first kappa shape index (κ1) is 20.3. The Morgan fingerprint density at radius 2 is 1.77 bits per heavy atom. The van der Waals surface area contributed by atoms with Gasteiger partial charge < -0.3 is 0 Å². The van der Waals surface area contributed by atoms with Crippen molar-refractivity contribution in [2.75, 3.05) is 0 Å². The summed E-state index contributed by atoms with van der Waals surface area (Å²) in [6.07, 6.45) is 20.4. The summed E-state index contributed by atoms with van der Waals surface area (Å²) in [6.45, 7) is 6.09. The zero-order chi connectivity index (χ0) is 21.2. The molecule has 3 heteroatoms. The Morgan fingerprint density at radius 1 is 1.00 bits per heavy atom. The molecule has 1 aromatic heterocycles. The fourth-order valence-corrected chi connectivity index (χ4v) is 9.80. The Morgan fingerprint density at radius 3 is 2.55 bits per heavy atom. The molecule has 6 rings (SSSR count). The Bertz CT molecular complexity index is 847. The molecule has 9 atom stereocenters. The second-order valence-corrected chi connectivity index (χ2v) is 12.6. The number of fused-ring (bicyclic) bond motifs is 5. The topological polar surface area (TPSA) is 41.6 Å². The zero-order valence-corrected chi connectivity index (χ0v) is 19.7. The van der Waals surface area contributed by atoms with E-state index >= 15 is 0 Å². The number of nitrogens with zero attached hydrogens (tertiary/aromatic N) is 3. The minimum absolute atomic E-state index is 0.532. The maximum Gasteiger partial charge on any atom is 0.102 e. The highest BCUT2D eigenvalue weighted by Gasteiger charge is 2.58. The van der Waals surface area contributed by atoms with Gasteiger partial charge in [0.1, 0.15) is 6.07 Å². The van der Waals surface area contributed by atoms with E-state index in [0.29, 0.717) is 16.9 Å². The summed E-state index contributed by atoms with van der Waals surface area (Å²) in [7, 11) is 0. The van der Waals surface area contributed by atoms with Crippen molar-refractivity contribution in [2.24, 2.45) is 58.7 Å². The minimum Gasteiger partial charge on any atom is -0.271 e. The van der Waals surface area contributed by atoms with E-state index in [-0.39, 0.29) is 0 Å². The van der Waals surface area contributed by atoms with Gasteiger partial charge in [0.25, 0.3) is 0 Å². The van der Waals surface area contributed by atoms with Crippen LogP contribution in [-0.2, 0) is 6.54 Å². The summed E-state index contributed by atoms with van der Waals surface area (Å²) < 4.78 is 2.02. The molecule has 5 fully saturated rings. The van der Waals surface area contributed by atoms with Gasteiger partial charge in [-0.1, -0.05) is 13.8 Å². The van der Waals surface area contributed by atoms with Crippen molar-refractivity contribution in [1.82, 2.24) is 9.78 Å². The molecule has 1 heterocycles. The van der Waals surface area contributed by atoms with Gasteiger partial charge in [0.05, 0.1) is 11.8 Å². The van der Waals surface area contributed by atoms with Crippen molar-refractivity contribution in [3.05, 3.63) is 18.0 Å². The van der Waals surface area contributed by atoms with Gasteiger partial charge in [-0.05, 0) is 129 Å². The minimum atomic E-state index is 0.532. The average molecular weight is 420 g/mol. The number of hydrogen-bond acceptors (Lipinski definition) is 2. The van der Waals surface area contributed by atoms with Crippen LogP contribution >= 0.6 is 0 Å². The maximum absolute atomic E-state index is 9.13. The predicted molar refractivity (Wildman–Crippen MR) is 123 cm³/mol. The number of aromatic nitrogens is 2. The van der Waals surface area contributed by atoms with Crippen LogP contribution in [0, 0.1) is 70.0 Å². The van der Waals surface area contributed by atoms with Crippen LogP contribution in [0.5, 0.6) is 0 Å². The SMILES string of the molecule is C[C@H](Cn1cc(C#N)cn1)C1CCC2C3CCC4CC(C5CC5)CCC4C3CCC21C. The molecule has 0 bridgehead atoms. The molecule has 5 aliphatic rings. The summed E-state index contributed by atoms with van der Waals surface area (Å²) in [4.78, 5) is 0. The van der Waals surface area contributed by atoms with Crippen molar-refractivity contribution >= 4 is 0 Å². The number of rotatable bonds is 4. The lowest BCUT2D eigenvalue weighted by Gasteiger charge is -2.57. The normalized spacial score (nSPS) is 45.3. The van der Waals surface area contributed by atoms with Gasteiger partial charge in [-0.3, -0.25) is 4.68 Å². The van der Waals surface area contributed by atoms with Gasteiger partial charge >= 0.3 is 0 Å². The summed E-state index contributed by atoms with van der Waals surface area (Å²) in [5.41, 5.74) is 1.22. The van der Waals surface area contributed by atoms with Gasteiger partial charge in [0.2, 0.25) is 0 Å². The van der Waals surface area contributed by atoms with Crippen molar-refractivity contribution < 1.29 is 0 Å². The second-order valence-electron chi connectivity index (χ2n) is 12.6. The van der Waals surface area contributed by atoms with E-state index in [9.17, 15) is 0 Å². The van der Waals surface area contributed by atoms with Gasteiger partial charge in [-0.15, -0.1) is 0 Å². The Labute approximate surface area is 189 Å². The molecule has 0 aliphatic heterocycles. The fraction of sp³-hybridized carbons (Fsp3) is 0.857. The zero-order valence-electron chi connectivity index (χ0n) is 19.7. The van der Waals surface area contributed by atoms with Crippen molar-refractivity contribution in [3.63, 3.8) is 0 Å². The molecule has 0 radical (unpaired) electrons. The lowest BCUT2D eigenvalue weighted by Crippen LogP contribution is -2.49. The molecule has 168 valence electrons. The molecule has 0 N–H and O–H groups in total. The highest BCUT2D eigenvalue weighted by molar-refractivity contribution is 5.21. The Balaban J connectivity index is 1.15. The van der Waals surface area contributed by atoms with E-state index in [1.807, 2.05) is 10.9 Å². The van der Waals surface area contributed by atoms with E-state index in [0.717, 1.165) is 53.9 Å². The summed E-state index contributed by atoms with van der Waals surface area (Å²) >= 11 is 0. The highest BCUT2D eigenvalue weighted by atomic mass is 15.3. The molecule has 0 spiro atoms. The van der Waals surface area contributed by atoms with Crippen molar-refractivity contribution in [1.29, 1.82) is 5.26 Å². The van der Waals surface area contributed by atoms with E-state index in [1.54, 1.807) is 44.7 Å². The van der Waals surface area contributed by atoms with Gasteiger partial charge in [-0.2, -0.15) is 10.4 Å². The summed E-state index contributed by atoms with van der Waals surface area (Å²) in [6, 6.07) is 2.23. The average Bonchev–Trinajstić information content (AvgIpc) is 3.43. The highest BCUT2D eigenvalue weighted by Crippen LogP contribution is 2.66. The molecule has 0 saturated heterocycles. The molecular weight excluding hydrogens is 378 g/mol. The second kappa shape index (κ2) is 7.64. The number of nitriles is 1. The lowest BCUT2D eigenvalue weighted by atomic mass is 9.48. The molecule has 3 nitrogen and oxygen atoms in total. The summed E-state index contributed by atoms with van der Waals surface area (Å²) in [5.74, 6) is 8.88. The van der Waals surface area contributed by atoms with E-state index in [2.05, 4.69) is 25.0 Å². The third kappa shape index (κ3) is 3.39. The molecule has 8 unspecified atom stereocenters. The molecular formula is C28H41N3. The van der Waals surface area contributed by atoms with Crippen LogP contribution in [0.1, 0.15) is 90.0 Å². The van der Waals surface area contributed by atoms with Gasteiger partial charge in [0.15, 0.2) is 0 Å². The Kier molecular flexibility index (Phi) is 5.00. The molecule has 0 aromatic carbocycles. The predicted octanol–water partition coefficient (Wildman–Crippen LogP) is 6.69. The Hall–Kier alpha value is -1.30. The first-order valence-electron chi connectivity index (χ1n) is 13.5. The first-order chi connectivity index (χ1) is 15.1. The van der Waals surface area contributed by atoms with E-state index in [1.165, 1.54) is 32.1 Å². The first-order valence-corrected chi connectivity index (χ1v) is 13.5. The summed E-state index contributed by atoms with van der Waals surface area (Å²) in [5, 5.41) is 13.6.